The molecule has 3 nitrogen and oxygen atoms in total. The first-order chi connectivity index (χ1) is 9.74. The average Bonchev–Trinajstić information content (AvgIpc) is 2.48. The Labute approximate surface area is 120 Å². The highest BCUT2D eigenvalue weighted by Crippen LogP contribution is 2.32. The van der Waals surface area contributed by atoms with Crippen LogP contribution in [0.3, 0.4) is 0 Å². The molecule has 0 saturated heterocycles. The number of fused-ring (bicyclic) bond motifs is 1. The third-order valence-corrected chi connectivity index (χ3v) is 4.74. The molecule has 0 atom stereocenters. The number of hydrogen-bond donors (Lipinski definition) is 1. The maximum Gasteiger partial charge on any atom is 0.220 e. The molecule has 2 N–H and O–H groups in total. The molecule has 20 heavy (non-hydrogen) atoms. The lowest BCUT2D eigenvalue weighted by Gasteiger charge is -2.28. The average molecular weight is 270 g/mol. The van der Waals surface area contributed by atoms with Crippen LogP contribution in [0.25, 0.3) is 0 Å². The first kappa shape index (κ1) is 13.3. The predicted octanol–water partition coefficient (Wildman–Crippen LogP) is 2.71. The van der Waals surface area contributed by atoms with Crippen LogP contribution < -0.4 is 5.73 Å². The fourth-order valence-electron chi connectivity index (χ4n) is 3.52. The van der Waals surface area contributed by atoms with Crippen LogP contribution in [0.2, 0.25) is 0 Å². The lowest BCUT2D eigenvalue weighted by molar-refractivity contribution is -0.122. The maximum atomic E-state index is 11.2. The summed E-state index contributed by atoms with van der Waals surface area (Å²) < 4.78 is 0. The topological polar surface area (TPSA) is 55.5 Å². The van der Waals surface area contributed by atoms with Crippen LogP contribution in [-0.4, -0.2) is 18.2 Å². The summed E-state index contributed by atoms with van der Waals surface area (Å²) in [5.41, 5.74) is 9.45. The van der Waals surface area contributed by atoms with Crippen molar-refractivity contribution in [3.63, 3.8) is 0 Å². The van der Waals surface area contributed by atoms with Crippen LogP contribution >= 0.6 is 0 Å². The second-order valence-electron chi connectivity index (χ2n) is 6.06. The quantitative estimate of drug-likeness (QED) is 0.902. The molecule has 3 heteroatoms. The van der Waals surface area contributed by atoms with Gasteiger partial charge in [-0.3, -0.25) is 9.79 Å². The van der Waals surface area contributed by atoms with Gasteiger partial charge in [0.2, 0.25) is 5.91 Å². The fourth-order valence-corrected chi connectivity index (χ4v) is 3.52. The SMILES string of the molecule is NC(=O)C1CCC(CC2=NCCc3ccccc32)CC1. The van der Waals surface area contributed by atoms with E-state index in [1.807, 2.05) is 0 Å². The summed E-state index contributed by atoms with van der Waals surface area (Å²) in [7, 11) is 0. The highest BCUT2D eigenvalue weighted by molar-refractivity contribution is 6.02. The molecule has 0 aromatic heterocycles. The van der Waals surface area contributed by atoms with Crippen molar-refractivity contribution in [2.75, 3.05) is 6.54 Å². The number of amides is 1. The largest absolute Gasteiger partial charge is 0.369 e. The summed E-state index contributed by atoms with van der Waals surface area (Å²) in [5.74, 6) is 0.645. The van der Waals surface area contributed by atoms with Gasteiger partial charge in [0.05, 0.1) is 0 Å². The number of aliphatic imine (C=N–C) groups is 1. The number of nitrogens with two attached hydrogens (primary N) is 1. The predicted molar refractivity (Wildman–Crippen MR) is 80.8 cm³/mol. The molecule has 1 saturated carbocycles. The molecular weight excluding hydrogens is 248 g/mol. The zero-order valence-electron chi connectivity index (χ0n) is 11.8. The Hall–Kier alpha value is -1.64. The third kappa shape index (κ3) is 2.77. The lowest BCUT2D eigenvalue weighted by atomic mass is 9.78. The minimum absolute atomic E-state index is 0.104. The summed E-state index contributed by atoms with van der Waals surface area (Å²) >= 11 is 0. The molecule has 0 bridgehead atoms. The van der Waals surface area contributed by atoms with E-state index in [0.717, 1.165) is 45.1 Å². The number of primary amides is 1. The van der Waals surface area contributed by atoms with E-state index in [0.29, 0.717) is 5.92 Å². The highest BCUT2D eigenvalue weighted by atomic mass is 16.1. The van der Waals surface area contributed by atoms with E-state index in [4.69, 9.17) is 10.7 Å². The number of nitrogens with zero attached hydrogens (tertiary/aromatic N) is 1. The van der Waals surface area contributed by atoms with Gasteiger partial charge in [0.25, 0.3) is 0 Å². The maximum absolute atomic E-state index is 11.2. The Morgan fingerprint density at radius 3 is 2.70 bits per heavy atom. The Morgan fingerprint density at radius 1 is 1.20 bits per heavy atom. The normalized spacial score (nSPS) is 25.7. The minimum Gasteiger partial charge on any atom is -0.369 e. The van der Waals surface area contributed by atoms with E-state index >= 15 is 0 Å². The van der Waals surface area contributed by atoms with Gasteiger partial charge in [0.15, 0.2) is 0 Å². The van der Waals surface area contributed by atoms with E-state index in [1.54, 1.807) is 0 Å². The number of carbonyl (C=O) groups is 1. The molecule has 1 fully saturated rings. The second-order valence-corrected chi connectivity index (χ2v) is 6.06. The van der Waals surface area contributed by atoms with Crippen molar-refractivity contribution in [2.24, 2.45) is 22.6 Å². The highest BCUT2D eigenvalue weighted by Gasteiger charge is 2.26. The van der Waals surface area contributed by atoms with Crippen LogP contribution in [0.1, 0.15) is 43.2 Å². The van der Waals surface area contributed by atoms with E-state index in [2.05, 4.69) is 24.3 Å². The summed E-state index contributed by atoms with van der Waals surface area (Å²) in [6.45, 7) is 0.920. The molecular formula is C17H22N2O. The van der Waals surface area contributed by atoms with Crippen molar-refractivity contribution in [1.29, 1.82) is 0 Å². The molecule has 0 unspecified atom stereocenters. The monoisotopic (exact) mass is 270 g/mol. The molecule has 1 aromatic carbocycles. The van der Waals surface area contributed by atoms with Crippen molar-refractivity contribution in [2.45, 2.75) is 38.5 Å². The van der Waals surface area contributed by atoms with Gasteiger partial charge in [0.1, 0.15) is 0 Å². The summed E-state index contributed by atoms with van der Waals surface area (Å²) in [6.07, 6.45) is 6.24. The van der Waals surface area contributed by atoms with Gasteiger partial charge in [-0.1, -0.05) is 24.3 Å². The number of rotatable bonds is 3. The summed E-state index contributed by atoms with van der Waals surface area (Å²) in [4.78, 5) is 16.0. The van der Waals surface area contributed by atoms with E-state index < -0.39 is 0 Å². The smallest absolute Gasteiger partial charge is 0.220 e. The number of carbonyl (C=O) groups excluding carboxylic acids is 1. The molecule has 0 spiro atoms. The summed E-state index contributed by atoms with van der Waals surface area (Å²) in [5, 5.41) is 0. The van der Waals surface area contributed by atoms with Gasteiger partial charge in [-0.15, -0.1) is 0 Å². The van der Waals surface area contributed by atoms with Crippen molar-refractivity contribution in [3.8, 4) is 0 Å². The van der Waals surface area contributed by atoms with E-state index in [-0.39, 0.29) is 11.8 Å². The lowest BCUT2D eigenvalue weighted by Crippen LogP contribution is -2.28. The molecule has 1 heterocycles. The Morgan fingerprint density at radius 2 is 1.95 bits per heavy atom. The third-order valence-electron chi connectivity index (χ3n) is 4.74. The first-order valence-electron chi connectivity index (χ1n) is 7.65. The van der Waals surface area contributed by atoms with Crippen LogP contribution in [0.5, 0.6) is 0 Å². The van der Waals surface area contributed by atoms with E-state index in [9.17, 15) is 4.79 Å². The molecule has 1 aromatic rings. The van der Waals surface area contributed by atoms with Crippen LogP contribution in [-0.2, 0) is 11.2 Å². The van der Waals surface area contributed by atoms with Crippen molar-refractivity contribution >= 4 is 11.6 Å². The standard InChI is InChI=1S/C17H22N2O/c18-17(20)14-7-5-12(6-8-14)11-16-15-4-2-1-3-13(15)9-10-19-16/h1-4,12,14H,5-11H2,(H2,18,20). The molecule has 2 aliphatic rings. The molecule has 106 valence electrons. The Kier molecular flexibility index (Phi) is 3.86. The van der Waals surface area contributed by atoms with Gasteiger partial charge in [0, 0.05) is 18.2 Å². The molecule has 1 aliphatic heterocycles. The van der Waals surface area contributed by atoms with Crippen molar-refractivity contribution in [1.82, 2.24) is 0 Å². The Bertz CT molecular complexity index is 528. The zero-order valence-corrected chi connectivity index (χ0v) is 11.8. The van der Waals surface area contributed by atoms with Gasteiger partial charge < -0.3 is 5.73 Å². The van der Waals surface area contributed by atoms with Gasteiger partial charge in [-0.2, -0.15) is 0 Å². The molecule has 1 amide bonds. The zero-order chi connectivity index (χ0) is 13.9. The van der Waals surface area contributed by atoms with Crippen LogP contribution in [0.15, 0.2) is 29.3 Å². The molecule has 0 radical (unpaired) electrons. The summed E-state index contributed by atoms with van der Waals surface area (Å²) in [6, 6.07) is 8.62. The first-order valence-corrected chi connectivity index (χ1v) is 7.65. The Balaban J connectivity index is 1.65. The van der Waals surface area contributed by atoms with E-state index in [1.165, 1.54) is 16.8 Å². The van der Waals surface area contributed by atoms with Gasteiger partial charge >= 0.3 is 0 Å². The van der Waals surface area contributed by atoms with Crippen molar-refractivity contribution in [3.05, 3.63) is 35.4 Å². The molecule has 3 rings (SSSR count). The second kappa shape index (κ2) is 5.78. The minimum atomic E-state index is -0.121. The van der Waals surface area contributed by atoms with Crippen LogP contribution in [0, 0.1) is 11.8 Å². The fraction of sp³-hybridized carbons (Fsp3) is 0.529. The van der Waals surface area contributed by atoms with Crippen molar-refractivity contribution < 1.29 is 4.79 Å². The van der Waals surface area contributed by atoms with Gasteiger partial charge in [-0.05, 0) is 55.6 Å². The number of hydrogen-bond acceptors (Lipinski definition) is 2. The van der Waals surface area contributed by atoms with Crippen LogP contribution in [0.4, 0.5) is 0 Å². The number of benzene rings is 1. The van der Waals surface area contributed by atoms with Gasteiger partial charge in [-0.25, -0.2) is 0 Å². The molecule has 1 aliphatic carbocycles.